The zero-order chi connectivity index (χ0) is 16.9. The third kappa shape index (κ3) is 3.63. The quantitative estimate of drug-likeness (QED) is 0.547. The third-order valence-corrected chi connectivity index (χ3v) is 3.89. The standard InChI is InChI=1S/C21H20N2O/c1-22(2)20-12-14-23(15-13-20)16-21(24)19-10-8-18(9-11-19)17-6-4-3-5-7-17/h3-16H,1-2H3/b21-16-. The van der Waals surface area contributed by atoms with Crippen molar-refractivity contribution in [3.63, 3.8) is 0 Å². The van der Waals surface area contributed by atoms with Crippen LogP contribution in [0.25, 0.3) is 23.1 Å². The summed E-state index contributed by atoms with van der Waals surface area (Å²) in [6.07, 6.45) is 5.36. The van der Waals surface area contributed by atoms with E-state index in [-0.39, 0.29) is 5.76 Å². The van der Waals surface area contributed by atoms with Crippen LogP contribution < -0.4 is 14.6 Å². The molecule has 120 valence electrons. The number of hydrogen-bond acceptors (Lipinski definition) is 2. The minimum absolute atomic E-state index is 0.0165. The predicted octanol–water partition coefficient (Wildman–Crippen LogP) is 3.02. The van der Waals surface area contributed by atoms with Crippen molar-refractivity contribution in [2.24, 2.45) is 0 Å². The van der Waals surface area contributed by atoms with Gasteiger partial charge in [-0.1, -0.05) is 54.6 Å². The Morgan fingerprint density at radius 2 is 1.42 bits per heavy atom. The molecule has 0 N–H and O–H groups in total. The van der Waals surface area contributed by atoms with Gasteiger partial charge in [-0.2, -0.15) is 4.57 Å². The SMILES string of the molecule is CN(C)c1cc[n+](/C=C(\[O-])c2ccc(-c3ccccc3)cc2)cc1. The van der Waals surface area contributed by atoms with Gasteiger partial charge in [-0.3, -0.25) is 0 Å². The zero-order valence-corrected chi connectivity index (χ0v) is 13.9. The van der Waals surface area contributed by atoms with E-state index in [4.69, 9.17) is 0 Å². The number of rotatable bonds is 4. The number of benzene rings is 2. The van der Waals surface area contributed by atoms with Gasteiger partial charge in [0.15, 0.2) is 18.6 Å². The van der Waals surface area contributed by atoms with Gasteiger partial charge in [0.2, 0.25) is 0 Å². The molecular formula is C21H20N2O. The lowest BCUT2D eigenvalue weighted by atomic mass is 10.0. The van der Waals surface area contributed by atoms with Crippen molar-refractivity contribution in [2.75, 3.05) is 19.0 Å². The summed E-state index contributed by atoms with van der Waals surface area (Å²) in [6.45, 7) is 0. The zero-order valence-electron chi connectivity index (χ0n) is 13.9. The van der Waals surface area contributed by atoms with E-state index in [9.17, 15) is 5.11 Å². The molecule has 3 heteroatoms. The van der Waals surface area contributed by atoms with Gasteiger partial charge in [0, 0.05) is 31.9 Å². The number of hydrogen-bond donors (Lipinski definition) is 0. The summed E-state index contributed by atoms with van der Waals surface area (Å²) in [7, 11) is 3.98. The molecule has 0 bridgehead atoms. The van der Waals surface area contributed by atoms with Crippen molar-refractivity contribution in [3.05, 3.63) is 84.7 Å². The lowest BCUT2D eigenvalue weighted by Gasteiger charge is -2.12. The fourth-order valence-electron chi connectivity index (χ4n) is 2.48. The average molecular weight is 316 g/mol. The van der Waals surface area contributed by atoms with Gasteiger partial charge in [0.25, 0.3) is 0 Å². The minimum Gasteiger partial charge on any atom is -0.868 e. The molecule has 3 nitrogen and oxygen atoms in total. The molecule has 0 aliphatic heterocycles. The highest BCUT2D eigenvalue weighted by Crippen LogP contribution is 2.20. The number of anilines is 1. The van der Waals surface area contributed by atoms with E-state index in [0.717, 1.165) is 16.8 Å². The molecule has 0 unspecified atom stereocenters. The predicted molar refractivity (Wildman–Crippen MR) is 97.0 cm³/mol. The number of pyridine rings is 1. The van der Waals surface area contributed by atoms with E-state index in [1.165, 1.54) is 0 Å². The largest absolute Gasteiger partial charge is 0.868 e. The van der Waals surface area contributed by atoms with E-state index in [1.807, 2.05) is 86.0 Å². The van der Waals surface area contributed by atoms with Crippen molar-refractivity contribution in [3.8, 4) is 11.1 Å². The van der Waals surface area contributed by atoms with Crippen LogP contribution in [0.2, 0.25) is 0 Å². The number of aromatic nitrogens is 1. The Labute approximate surface area is 142 Å². The molecule has 0 aliphatic carbocycles. The van der Waals surface area contributed by atoms with Gasteiger partial charge < -0.3 is 10.0 Å². The molecule has 1 aromatic heterocycles. The Hall–Kier alpha value is -3.07. The van der Waals surface area contributed by atoms with Gasteiger partial charge in [0.05, 0.1) is 0 Å². The first-order valence-electron chi connectivity index (χ1n) is 7.86. The van der Waals surface area contributed by atoms with Crippen molar-refractivity contribution in [1.82, 2.24) is 0 Å². The molecule has 0 aliphatic rings. The minimum atomic E-state index is -0.0165. The molecule has 1 heterocycles. The molecule has 24 heavy (non-hydrogen) atoms. The summed E-state index contributed by atoms with van der Waals surface area (Å²) >= 11 is 0. The van der Waals surface area contributed by atoms with E-state index in [1.54, 1.807) is 10.8 Å². The summed E-state index contributed by atoms with van der Waals surface area (Å²) in [6, 6.07) is 21.8. The van der Waals surface area contributed by atoms with Crippen molar-refractivity contribution >= 4 is 17.6 Å². The van der Waals surface area contributed by atoms with Crippen LogP contribution in [0.3, 0.4) is 0 Å². The molecular weight excluding hydrogens is 296 g/mol. The third-order valence-electron chi connectivity index (χ3n) is 3.89. The fourth-order valence-corrected chi connectivity index (χ4v) is 2.48. The molecule has 2 aromatic carbocycles. The molecule has 0 radical (unpaired) electrons. The van der Waals surface area contributed by atoms with Crippen molar-refractivity contribution in [2.45, 2.75) is 0 Å². The second kappa shape index (κ2) is 7.01. The van der Waals surface area contributed by atoms with Crippen molar-refractivity contribution < 1.29 is 9.67 Å². The molecule has 0 amide bonds. The first-order valence-corrected chi connectivity index (χ1v) is 7.86. The Morgan fingerprint density at radius 3 is 2.00 bits per heavy atom. The van der Waals surface area contributed by atoms with Crippen LogP contribution >= 0.6 is 0 Å². The lowest BCUT2D eigenvalue weighted by molar-refractivity contribution is -0.569. The van der Waals surface area contributed by atoms with E-state index < -0.39 is 0 Å². The van der Waals surface area contributed by atoms with Crippen LogP contribution in [0.4, 0.5) is 5.69 Å². The van der Waals surface area contributed by atoms with E-state index in [0.29, 0.717) is 5.56 Å². The molecule has 0 atom stereocenters. The Morgan fingerprint density at radius 1 is 0.833 bits per heavy atom. The maximum absolute atomic E-state index is 12.4. The van der Waals surface area contributed by atoms with Crippen molar-refractivity contribution in [1.29, 1.82) is 0 Å². The molecule has 3 rings (SSSR count). The maximum Gasteiger partial charge on any atom is 0.176 e. The highest BCUT2D eigenvalue weighted by Gasteiger charge is 2.01. The smallest absolute Gasteiger partial charge is 0.176 e. The van der Waals surface area contributed by atoms with Gasteiger partial charge in [0.1, 0.15) is 0 Å². The summed E-state index contributed by atoms with van der Waals surface area (Å²) in [4.78, 5) is 2.02. The Balaban J connectivity index is 1.80. The summed E-state index contributed by atoms with van der Waals surface area (Å²) in [5, 5.41) is 12.4. The van der Waals surface area contributed by atoms with Crippen LogP contribution in [0.15, 0.2) is 79.1 Å². The van der Waals surface area contributed by atoms with Crippen LogP contribution in [0, 0.1) is 0 Å². The Kier molecular flexibility index (Phi) is 4.62. The molecule has 3 aromatic rings. The highest BCUT2D eigenvalue weighted by molar-refractivity contribution is 5.69. The van der Waals surface area contributed by atoms with E-state index in [2.05, 4.69) is 12.1 Å². The number of nitrogens with zero attached hydrogens (tertiary/aromatic N) is 2. The average Bonchev–Trinajstić information content (AvgIpc) is 2.63. The van der Waals surface area contributed by atoms with Crippen LogP contribution in [-0.4, -0.2) is 14.1 Å². The van der Waals surface area contributed by atoms with E-state index >= 15 is 0 Å². The van der Waals surface area contributed by atoms with Gasteiger partial charge >= 0.3 is 0 Å². The summed E-state index contributed by atoms with van der Waals surface area (Å²) in [5.41, 5.74) is 4.03. The normalized spacial score (nSPS) is 11.3. The van der Waals surface area contributed by atoms with Crippen LogP contribution in [0.5, 0.6) is 0 Å². The van der Waals surface area contributed by atoms with Gasteiger partial charge in [-0.05, 0) is 22.4 Å². The highest BCUT2D eigenvalue weighted by atomic mass is 16.3. The molecule has 0 saturated heterocycles. The first-order chi connectivity index (χ1) is 11.6. The van der Waals surface area contributed by atoms with Gasteiger partial charge in [-0.15, -0.1) is 0 Å². The lowest BCUT2D eigenvalue weighted by Crippen LogP contribution is -2.27. The topological polar surface area (TPSA) is 30.2 Å². The first kappa shape index (κ1) is 15.8. The summed E-state index contributed by atoms with van der Waals surface area (Å²) in [5.74, 6) is -0.0165. The summed E-state index contributed by atoms with van der Waals surface area (Å²) < 4.78 is 1.78. The molecule has 0 saturated carbocycles. The fraction of sp³-hybridized carbons (Fsp3) is 0.0952. The molecule has 0 spiro atoms. The van der Waals surface area contributed by atoms with Crippen LogP contribution in [0.1, 0.15) is 5.56 Å². The second-order valence-electron chi connectivity index (χ2n) is 5.83. The monoisotopic (exact) mass is 316 g/mol. The maximum atomic E-state index is 12.4. The second-order valence-corrected chi connectivity index (χ2v) is 5.83. The molecule has 0 fully saturated rings. The Bertz CT molecular complexity index is 820. The van der Waals surface area contributed by atoms with Crippen LogP contribution in [-0.2, 0) is 0 Å². The van der Waals surface area contributed by atoms with Gasteiger partial charge in [-0.25, -0.2) is 0 Å².